The maximum atomic E-state index is 12.5. The van der Waals surface area contributed by atoms with Crippen LogP contribution in [0.3, 0.4) is 0 Å². The van der Waals surface area contributed by atoms with Gasteiger partial charge in [-0.25, -0.2) is 4.68 Å². The Hall–Kier alpha value is -2.50. The lowest BCUT2D eigenvalue weighted by atomic mass is 10.1. The van der Waals surface area contributed by atoms with Gasteiger partial charge in [0.15, 0.2) is 0 Å². The summed E-state index contributed by atoms with van der Waals surface area (Å²) in [6.07, 6.45) is 1.03. The third-order valence-corrected chi connectivity index (χ3v) is 5.35. The van der Waals surface area contributed by atoms with Gasteiger partial charge >= 0.3 is 0 Å². The Balaban J connectivity index is 1.63. The summed E-state index contributed by atoms with van der Waals surface area (Å²) in [5, 5.41) is 8.62. The van der Waals surface area contributed by atoms with E-state index in [1.54, 1.807) is 23.9 Å². The van der Waals surface area contributed by atoms with Crippen LogP contribution in [0.25, 0.3) is 5.69 Å². The fourth-order valence-corrected chi connectivity index (χ4v) is 3.67. The monoisotopic (exact) mass is 431 g/mol. The molecule has 0 aliphatic carbocycles. The number of carbonyl (C=O) groups excluding carboxylic acids is 1. The Morgan fingerprint density at radius 3 is 2.52 bits per heavy atom. The van der Waals surface area contributed by atoms with Crippen LogP contribution in [0.15, 0.2) is 42.5 Å². The number of ether oxygens (including phenoxy) is 1. The average molecular weight is 432 g/mol. The summed E-state index contributed by atoms with van der Waals surface area (Å²) in [6.45, 7) is 4.40. The number of amides is 1. The maximum absolute atomic E-state index is 12.5. The minimum Gasteiger partial charge on any atom is -0.497 e. The van der Waals surface area contributed by atoms with E-state index in [-0.39, 0.29) is 12.3 Å². The number of methoxy groups -OCH3 is 1. The number of benzene rings is 2. The van der Waals surface area contributed by atoms with Gasteiger partial charge in [0.2, 0.25) is 5.91 Å². The Morgan fingerprint density at radius 1 is 1.14 bits per heavy atom. The third kappa shape index (κ3) is 5.11. The lowest BCUT2D eigenvalue weighted by Crippen LogP contribution is -2.27. The molecule has 1 N–H and O–H groups in total. The van der Waals surface area contributed by atoms with Crippen LogP contribution in [0.4, 0.5) is 0 Å². The highest BCUT2D eigenvalue weighted by Gasteiger charge is 2.17. The summed E-state index contributed by atoms with van der Waals surface area (Å²) in [4.78, 5) is 12.5. The van der Waals surface area contributed by atoms with Crippen LogP contribution in [0, 0.1) is 13.8 Å². The lowest BCUT2D eigenvalue weighted by molar-refractivity contribution is -0.120. The van der Waals surface area contributed by atoms with E-state index in [0.717, 1.165) is 40.4 Å². The summed E-state index contributed by atoms with van der Waals surface area (Å²) in [5.74, 6) is 0.785. The molecule has 0 bridgehead atoms. The van der Waals surface area contributed by atoms with Gasteiger partial charge < -0.3 is 10.1 Å². The second kappa shape index (κ2) is 9.33. The molecule has 1 heterocycles. The van der Waals surface area contributed by atoms with Gasteiger partial charge in [0.25, 0.3) is 0 Å². The number of aromatic nitrogens is 2. The average Bonchev–Trinajstić information content (AvgIpc) is 2.96. The van der Waals surface area contributed by atoms with Crippen molar-refractivity contribution in [3.05, 3.63) is 75.0 Å². The van der Waals surface area contributed by atoms with E-state index in [2.05, 4.69) is 10.4 Å². The van der Waals surface area contributed by atoms with Gasteiger partial charge in [-0.3, -0.25) is 4.79 Å². The largest absolute Gasteiger partial charge is 0.497 e. The number of hydrogen-bond donors (Lipinski definition) is 1. The van der Waals surface area contributed by atoms with Gasteiger partial charge in [-0.2, -0.15) is 5.10 Å². The predicted molar refractivity (Wildman–Crippen MR) is 116 cm³/mol. The smallest absolute Gasteiger partial charge is 0.224 e. The zero-order valence-electron chi connectivity index (χ0n) is 16.6. The highest BCUT2D eigenvalue weighted by Crippen LogP contribution is 2.27. The predicted octanol–water partition coefficient (Wildman–Crippen LogP) is 4.71. The van der Waals surface area contributed by atoms with Crippen LogP contribution in [-0.2, 0) is 17.6 Å². The molecule has 2 aromatic carbocycles. The van der Waals surface area contributed by atoms with Crippen LogP contribution in [0.1, 0.15) is 22.5 Å². The topological polar surface area (TPSA) is 56.1 Å². The number of nitrogens with one attached hydrogen (secondary N) is 1. The van der Waals surface area contributed by atoms with Gasteiger partial charge in [-0.15, -0.1) is 0 Å². The molecule has 1 aromatic heterocycles. The van der Waals surface area contributed by atoms with Crippen molar-refractivity contribution in [1.29, 1.82) is 0 Å². The van der Waals surface area contributed by atoms with Crippen molar-refractivity contribution in [2.45, 2.75) is 26.7 Å². The zero-order valence-corrected chi connectivity index (χ0v) is 18.1. The number of hydrogen-bond acceptors (Lipinski definition) is 3. The lowest BCUT2D eigenvalue weighted by Gasteiger charge is -2.09. The Bertz CT molecular complexity index is 1010. The quantitative estimate of drug-likeness (QED) is 0.589. The van der Waals surface area contributed by atoms with Crippen molar-refractivity contribution >= 4 is 29.1 Å². The first-order chi connectivity index (χ1) is 13.9. The van der Waals surface area contributed by atoms with E-state index >= 15 is 0 Å². The minimum atomic E-state index is -0.0357. The van der Waals surface area contributed by atoms with Crippen molar-refractivity contribution in [2.24, 2.45) is 0 Å². The molecular weight excluding hydrogens is 409 g/mol. The van der Waals surface area contributed by atoms with Crippen LogP contribution in [-0.4, -0.2) is 29.3 Å². The molecular formula is C22H23Cl2N3O2. The molecule has 0 spiro atoms. The van der Waals surface area contributed by atoms with Crippen molar-refractivity contribution < 1.29 is 9.53 Å². The highest BCUT2D eigenvalue weighted by molar-refractivity contribution is 6.35. The fraction of sp³-hybridized carbons (Fsp3) is 0.273. The number of rotatable bonds is 7. The molecule has 0 aliphatic rings. The van der Waals surface area contributed by atoms with Crippen LogP contribution >= 0.6 is 23.2 Å². The van der Waals surface area contributed by atoms with Gasteiger partial charge in [0, 0.05) is 22.8 Å². The van der Waals surface area contributed by atoms with Gasteiger partial charge in [0.05, 0.1) is 29.9 Å². The van der Waals surface area contributed by atoms with Crippen LogP contribution in [0.5, 0.6) is 5.75 Å². The first-order valence-corrected chi connectivity index (χ1v) is 10.0. The third-order valence-electron chi connectivity index (χ3n) is 4.81. The molecule has 29 heavy (non-hydrogen) atoms. The van der Waals surface area contributed by atoms with Gasteiger partial charge in [0.1, 0.15) is 5.75 Å². The zero-order chi connectivity index (χ0) is 21.0. The summed E-state index contributed by atoms with van der Waals surface area (Å²) in [6, 6.07) is 13.1. The Labute approximate surface area is 180 Å². The number of aryl methyl sites for hydroxylation is 1. The molecule has 3 aromatic rings. The van der Waals surface area contributed by atoms with E-state index in [1.165, 1.54) is 0 Å². The molecule has 0 atom stereocenters. The normalized spacial score (nSPS) is 10.8. The second-order valence-electron chi connectivity index (χ2n) is 6.78. The standard InChI is InChI=1S/C22H23Cl2N3O2/c1-14-19(15(2)27(26-14)21-9-6-17(23)12-20(21)24)13-22(28)25-11-10-16-4-7-18(29-3)8-5-16/h4-9,12H,10-11,13H2,1-3H3,(H,25,28). The summed E-state index contributed by atoms with van der Waals surface area (Å²) < 4.78 is 6.91. The summed E-state index contributed by atoms with van der Waals surface area (Å²) in [5.41, 5.74) is 4.47. The molecule has 7 heteroatoms. The number of nitrogens with zero attached hydrogens (tertiary/aromatic N) is 2. The summed E-state index contributed by atoms with van der Waals surface area (Å²) >= 11 is 12.3. The van der Waals surface area contributed by atoms with Crippen LogP contribution < -0.4 is 10.1 Å². The van der Waals surface area contributed by atoms with E-state index < -0.39 is 0 Å². The minimum absolute atomic E-state index is 0.0357. The molecule has 5 nitrogen and oxygen atoms in total. The number of halogens is 2. The second-order valence-corrected chi connectivity index (χ2v) is 7.63. The van der Waals surface area contributed by atoms with Crippen LogP contribution in [0.2, 0.25) is 10.0 Å². The first kappa shape index (κ1) is 21.2. The Kier molecular flexibility index (Phi) is 6.83. The van der Waals surface area contributed by atoms with Gasteiger partial charge in [-0.05, 0) is 56.2 Å². The molecule has 0 unspecified atom stereocenters. The number of carbonyl (C=O) groups is 1. The molecule has 0 saturated heterocycles. The molecule has 1 amide bonds. The molecule has 0 saturated carbocycles. The highest BCUT2D eigenvalue weighted by atomic mass is 35.5. The maximum Gasteiger partial charge on any atom is 0.224 e. The van der Waals surface area contributed by atoms with E-state index in [1.807, 2.05) is 44.2 Å². The first-order valence-electron chi connectivity index (χ1n) is 9.29. The SMILES string of the molecule is COc1ccc(CCNC(=O)Cc2c(C)nn(-c3ccc(Cl)cc3Cl)c2C)cc1. The molecule has 0 fully saturated rings. The summed E-state index contributed by atoms with van der Waals surface area (Å²) in [7, 11) is 1.64. The molecule has 152 valence electrons. The molecule has 0 radical (unpaired) electrons. The van der Waals surface area contributed by atoms with E-state index in [9.17, 15) is 4.79 Å². The van der Waals surface area contributed by atoms with Crippen molar-refractivity contribution in [3.63, 3.8) is 0 Å². The van der Waals surface area contributed by atoms with E-state index in [0.29, 0.717) is 16.6 Å². The molecule has 3 rings (SSSR count). The van der Waals surface area contributed by atoms with Gasteiger partial charge in [-0.1, -0.05) is 35.3 Å². The molecule has 0 aliphatic heterocycles. The van der Waals surface area contributed by atoms with E-state index in [4.69, 9.17) is 27.9 Å². The van der Waals surface area contributed by atoms with Crippen molar-refractivity contribution in [2.75, 3.05) is 13.7 Å². The Morgan fingerprint density at radius 2 is 1.86 bits per heavy atom. The fourth-order valence-electron chi connectivity index (χ4n) is 3.18. The van der Waals surface area contributed by atoms with Crippen molar-refractivity contribution in [3.8, 4) is 11.4 Å². The van der Waals surface area contributed by atoms with Crippen molar-refractivity contribution in [1.82, 2.24) is 15.1 Å².